The minimum absolute atomic E-state index is 0. The van der Waals surface area contributed by atoms with E-state index < -0.39 is 6.89 Å². The molecule has 8 radical (unpaired) electrons. The van der Waals surface area contributed by atoms with Gasteiger partial charge in [0.05, 0.1) is 0 Å². The predicted molar refractivity (Wildman–Crippen MR) is 77.0 cm³/mol. The first-order chi connectivity index (χ1) is 5.37. The van der Waals surface area contributed by atoms with E-state index >= 15 is 0 Å². The number of rotatable bonds is 5. The third-order valence-electron chi connectivity index (χ3n) is 1.92. The Hall–Kier alpha value is 9.73. The summed E-state index contributed by atoms with van der Waals surface area (Å²) in [5, 5.41) is 0. The zero-order valence-corrected chi connectivity index (χ0v) is 38.9. The zero-order chi connectivity index (χ0) is 9.78. The van der Waals surface area contributed by atoms with Crippen molar-refractivity contribution in [3.05, 3.63) is 0 Å². The van der Waals surface area contributed by atoms with Gasteiger partial charge < -0.3 is 0 Å². The molecule has 3 atom stereocenters. The molecule has 3 unspecified atom stereocenters. The molecular formula is C9H23P3Y8. The summed E-state index contributed by atoms with van der Waals surface area (Å²) in [6.45, 7) is 6.09. The summed E-state index contributed by atoms with van der Waals surface area (Å²) >= 11 is 0. The first-order valence-corrected chi connectivity index (χ1v) is 11.7. The van der Waals surface area contributed by atoms with Crippen molar-refractivity contribution in [1.29, 1.82) is 0 Å². The molecule has 0 aliphatic heterocycles. The second kappa shape index (κ2) is 36.1. The third kappa shape index (κ3) is 42.0. The molecule has 0 aliphatic carbocycles. The third-order valence-corrected chi connectivity index (χ3v) is 12.7. The van der Waals surface area contributed by atoms with Crippen LogP contribution >= 0.6 is 22.0 Å². The topological polar surface area (TPSA) is 0 Å². The van der Waals surface area contributed by atoms with Gasteiger partial charge in [-0.3, -0.25) is 0 Å². The van der Waals surface area contributed by atoms with Crippen LogP contribution in [-0.2, 0) is 262 Å². The Labute approximate surface area is 331 Å². The van der Waals surface area contributed by atoms with Crippen LogP contribution in [-0.4, -0.2) is 50.2 Å². The predicted octanol–water partition coefficient (Wildman–Crippen LogP) is 2.90. The first-order valence-electron chi connectivity index (χ1n) is 4.37. The summed E-state index contributed by atoms with van der Waals surface area (Å²) in [6.07, 6.45) is 14.0. The summed E-state index contributed by atoms with van der Waals surface area (Å²) in [7, 11) is -0.629. The maximum absolute atomic E-state index is 4.32. The fourth-order valence-electron chi connectivity index (χ4n) is 1.13. The molecule has 0 spiro atoms. The second-order valence-corrected chi connectivity index (χ2v) is 13.9. The van der Waals surface area contributed by atoms with E-state index in [-0.39, 0.29) is 277 Å². The Kier molecular flexibility index (Phi) is 103. The fraction of sp³-hybridized carbons (Fsp3) is 0.667. The van der Waals surface area contributed by atoms with Gasteiger partial charge in [-0.1, -0.05) is 6.92 Å². The summed E-state index contributed by atoms with van der Waals surface area (Å²) in [5.74, 6) is 2.70. The van der Waals surface area contributed by atoms with Gasteiger partial charge in [-0.2, -0.15) is 0 Å². The molecule has 0 nitrogen and oxygen atoms in total. The van der Waals surface area contributed by atoms with E-state index in [9.17, 15) is 0 Å². The van der Waals surface area contributed by atoms with Gasteiger partial charge in [0.1, 0.15) is 0 Å². The largest absolute Gasteiger partial charge is 0.124 e. The molecule has 0 aliphatic rings. The molecule has 0 heterocycles. The van der Waals surface area contributed by atoms with Crippen LogP contribution in [0.2, 0.25) is 0 Å². The van der Waals surface area contributed by atoms with E-state index in [1.807, 2.05) is 0 Å². The van der Waals surface area contributed by atoms with E-state index in [1.54, 1.807) is 0 Å². The summed E-state index contributed by atoms with van der Waals surface area (Å²) in [6, 6.07) is 0. The Morgan fingerprint density at radius 3 is 1.35 bits per heavy atom. The second-order valence-electron chi connectivity index (χ2n) is 3.98. The fourth-order valence-corrected chi connectivity index (χ4v) is 11.2. The molecule has 98 valence electrons. The van der Waals surface area contributed by atoms with Gasteiger partial charge >= 0.3 is 0 Å². The average Bonchev–Trinajstić information content (AvgIpc) is 1.84. The van der Waals surface area contributed by atoms with Crippen LogP contribution in [0.15, 0.2) is 0 Å². The van der Waals surface area contributed by atoms with Crippen molar-refractivity contribution in [3.8, 4) is 0 Å². The van der Waals surface area contributed by atoms with Crippen molar-refractivity contribution < 1.29 is 262 Å². The van der Waals surface area contributed by atoms with Crippen LogP contribution in [0.25, 0.3) is 0 Å². The van der Waals surface area contributed by atoms with E-state index in [2.05, 4.69) is 39.2 Å². The molecule has 0 aromatic carbocycles. The van der Waals surface area contributed by atoms with Gasteiger partial charge in [0, 0.05) is 262 Å². The summed E-state index contributed by atoms with van der Waals surface area (Å²) in [4.78, 5) is 0. The SMILES string of the molecule is C=[PH](C)C[PH](=C)CP(=C)(C)CC.[Y].[Y].[Y].[Y].[Y].[Y].[Y].[Y]. The van der Waals surface area contributed by atoms with Gasteiger partial charge in [0.15, 0.2) is 0 Å². The molecule has 0 fully saturated rings. The first kappa shape index (κ1) is 57.1. The Morgan fingerprint density at radius 2 is 1.15 bits per heavy atom. The molecule has 0 amide bonds. The zero-order valence-electron chi connectivity index (χ0n) is 13.3. The van der Waals surface area contributed by atoms with E-state index in [0.717, 1.165) is 0 Å². The molecule has 0 rings (SSSR count). The van der Waals surface area contributed by atoms with Crippen LogP contribution < -0.4 is 0 Å². The maximum atomic E-state index is 4.32. The van der Waals surface area contributed by atoms with Gasteiger partial charge in [-0.25, -0.2) is 0 Å². The maximum Gasteiger partial charge on any atom is 0 e. The Bertz CT molecular complexity index is 247. The number of hydrogen-bond acceptors (Lipinski definition) is 0. The normalized spacial score (nSPS) is 12.8. The summed E-state index contributed by atoms with van der Waals surface area (Å²) < 4.78 is 0. The molecule has 0 bridgehead atoms. The van der Waals surface area contributed by atoms with Crippen molar-refractivity contribution in [2.24, 2.45) is 0 Å². The van der Waals surface area contributed by atoms with Crippen LogP contribution in [0, 0.1) is 0 Å². The van der Waals surface area contributed by atoms with Crippen molar-refractivity contribution in [2.75, 3.05) is 31.3 Å². The molecule has 0 saturated heterocycles. The van der Waals surface area contributed by atoms with Gasteiger partial charge in [0.25, 0.3) is 0 Å². The van der Waals surface area contributed by atoms with Gasteiger partial charge in [-0.05, 0) is 31.3 Å². The van der Waals surface area contributed by atoms with Crippen molar-refractivity contribution in [1.82, 2.24) is 0 Å². The monoisotopic (exact) mass is 935 g/mol. The van der Waals surface area contributed by atoms with Crippen LogP contribution in [0.5, 0.6) is 0 Å². The molecule has 0 aromatic heterocycles. The smallest absolute Gasteiger partial charge is 0 e. The standard InChI is InChI=1S/C9H23P3.8Y/c1-7-12(5,6)9-11(4)8-10(2)3;;;;;;;;/h10-11H,2,4-5,7-9H2,1,3,6H3;;;;;;;;. The minimum Gasteiger partial charge on any atom is -0.124 e. The van der Waals surface area contributed by atoms with E-state index in [1.165, 1.54) is 18.0 Å². The molecular weight excluding hydrogens is 912 g/mol. The van der Waals surface area contributed by atoms with Crippen molar-refractivity contribution >= 4 is 40.9 Å². The summed E-state index contributed by atoms with van der Waals surface area (Å²) in [5.41, 5.74) is 0. The quantitative estimate of drug-likeness (QED) is 0.373. The number of hydrogen-bond donors (Lipinski definition) is 0. The molecule has 0 N–H and O–H groups in total. The average molecular weight is 935 g/mol. The van der Waals surface area contributed by atoms with Crippen molar-refractivity contribution in [3.63, 3.8) is 0 Å². The van der Waals surface area contributed by atoms with Gasteiger partial charge in [-0.15, -0.1) is 40.9 Å². The minimum atomic E-state index is -0.814. The van der Waals surface area contributed by atoms with Crippen LogP contribution in [0.3, 0.4) is 0 Å². The van der Waals surface area contributed by atoms with Crippen molar-refractivity contribution in [2.45, 2.75) is 6.92 Å². The van der Waals surface area contributed by atoms with E-state index in [0.29, 0.717) is 0 Å². The Morgan fingerprint density at radius 1 is 0.850 bits per heavy atom. The van der Waals surface area contributed by atoms with Crippen LogP contribution in [0.4, 0.5) is 0 Å². The molecule has 11 heteroatoms. The Balaban J connectivity index is -0.0000000216. The molecule has 0 aromatic rings. The van der Waals surface area contributed by atoms with E-state index in [4.69, 9.17) is 0 Å². The molecule has 20 heavy (non-hydrogen) atoms. The van der Waals surface area contributed by atoms with Gasteiger partial charge in [0.2, 0.25) is 0 Å². The van der Waals surface area contributed by atoms with Crippen LogP contribution in [0.1, 0.15) is 6.92 Å². The molecule has 0 saturated carbocycles.